The predicted octanol–water partition coefficient (Wildman–Crippen LogP) is 2.57. The summed E-state index contributed by atoms with van der Waals surface area (Å²) in [4.78, 5) is 16.5. The number of amides is 1. The van der Waals surface area contributed by atoms with E-state index in [1.807, 2.05) is 25.1 Å². The molecule has 1 saturated heterocycles. The second-order valence-corrected chi connectivity index (χ2v) is 6.51. The van der Waals surface area contributed by atoms with Gasteiger partial charge in [0.25, 0.3) is 0 Å². The van der Waals surface area contributed by atoms with E-state index >= 15 is 0 Å². The molecule has 0 spiro atoms. The summed E-state index contributed by atoms with van der Waals surface area (Å²) in [5, 5.41) is 2.99. The number of aryl methyl sites for hydroxylation is 1. The number of carbonyl (C=O) groups excluding carboxylic acids is 1. The fourth-order valence-electron chi connectivity index (χ4n) is 3.10. The zero-order valence-electron chi connectivity index (χ0n) is 14.5. The topological polar surface area (TPSA) is 35.6 Å². The van der Waals surface area contributed by atoms with Gasteiger partial charge in [-0.2, -0.15) is 0 Å². The quantitative estimate of drug-likeness (QED) is 0.908. The molecule has 0 atom stereocenters. The van der Waals surface area contributed by atoms with Gasteiger partial charge in [0, 0.05) is 38.4 Å². The van der Waals surface area contributed by atoms with Gasteiger partial charge < -0.3 is 10.2 Å². The number of piperazine rings is 1. The number of nitrogens with zero attached hydrogens (tertiary/aromatic N) is 2. The van der Waals surface area contributed by atoms with Gasteiger partial charge in [-0.15, -0.1) is 0 Å². The molecule has 1 heterocycles. The Balaban J connectivity index is 1.42. The Hall–Kier alpha value is -2.40. The van der Waals surface area contributed by atoms with Crippen LogP contribution in [0.5, 0.6) is 0 Å². The van der Waals surface area contributed by atoms with Crippen molar-refractivity contribution in [1.82, 2.24) is 10.2 Å². The maximum absolute atomic E-state index is 13.0. The molecule has 1 aliphatic rings. The highest BCUT2D eigenvalue weighted by atomic mass is 19.1. The Morgan fingerprint density at radius 2 is 1.80 bits per heavy atom. The first-order valence-electron chi connectivity index (χ1n) is 8.65. The summed E-state index contributed by atoms with van der Waals surface area (Å²) in [7, 11) is 0. The van der Waals surface area contributed by atoms with Crippen molar-refractivity contribution in [2.45, 2.75) is 13.5 Å². The largest absolute Gasteiger partial charge is 0.369 e. The summed E-state index contributed by atoms with van der Waals surface area (Å²) in [6.07, 6.45) is 0. The summed E-state index contributed by atoms with van der Waals surface area (Å²) >= 11 is 0. The van der Waals surface area contributed by atoms with Crippen molar-refractivity contribution in [2.75, 3.05) is 37.6 Å². The summed E-state index contributed by atoms with van der Waals surface area (Å²) in [5.41, 5.74) is 3.35. The van der Waals surface area contributed by atoms with Gasteiger partial charge in [-0.05, 0) is 36.8 Å². The highest BCUT2D eigenvalue weighted by molar-refractivity contribution is 5.78. The number of nitrogens with one attached hydrogen (secondary N) is 1. The smallest absolute Gasteiger partial charge is 0.234 e. The lowest BCUT2D eigenvalue weighted by atomic mass is 10.1. The zero-order chi connectivity index (χ0) is 17.6. The Morgan fingerprint density at radius 3 is 2.48 bits per heavy atom. The van der Waals surface area contributed by atoms with Crippen molar-refractivity contribution in [3.05, 3.63) is 65.5 Å². The molecule has 0 unspecified atom stereocenters. The Morgan fingerprint density at radius 1 is 1.08 bits per heavy atom. The molecule has 2 aromatic carbocycles. The van der Waals surface area contributed by atoms with Crippen molar-refractivity contribution in [3.63, 3.8) is 0 Å². The molecule has 1 amide bonds. The van der Waals surface area contributed by atoms with E-state index in [-0.39, 0.29) is 11.7 Å². The number of rotatable bonds is 5. The van der Waals surface area contributed by atoms with Crippen LogP contribution in [0.3, 0.4) is 0 Å². The summed E-state index contributed by atoms with van der Waals surface area (Å²) < 4.78 is 13.0. The normalized spacial score (nSPS) is 15.2. The molecule has 1 fully saturated rings. The van der Waals surface area contributed by atoms with E-state index in [2.05, 4.69) is 21.2 Å². The summed E-state index contributed by atoms with van der Waals surface area (Å²) in [6, 6.07) is 14.7. The maximum Gasteiger partial charge on any atom is 0.234 e. The Labute approximate surface area is 148 Å². The van der Waals surface area contributed by atoms with Crippen molar-refractivity contribution >= 4 is 11.6 Å². The van der Waals surface area contributed by atoms with Gasteiger partial charge in [0.1, 0.15) is 5.82 Å². The number of hydrogen-bond acceptors (Lipinski definition) is 3. The average molecular weight is 341 g/mol. The van der Waals surface area contributed by atoms with Gasteiger partial charge in [-0.3, -0.25) is 9.69 Å². The van der Waals surface area contributed by atoms with Crippen LogP contribution in [-0.2, 0) is 11.3 Å². The van der Waals surface area contributed by atoms with E-state index in [4.69, 9.17) is 0 Å². The van der Waals surface area contributed by atoms with Gasteiger partial charge in [-0.25, -0.2) is 4.39 Å². The van der Waals surface area contributed by atoms with Crippen LogP contribution in [0.15, 0.2) is 48.5 Å². The minimum Gasteiger partial charge on any atom is -0.369 e. The average Bonchev–Trinajstić information content (AvgIpc) is 2.62. The molecule has 4 nitrogen and oxygen atoms in total. The number of anilines is 1. The molecule has 1 aliphatic heterocycles. The summed E-state index contributed by atoms with van der Waals surface area (Å²) in [5.74, 6) is -0.163. The number of carbonyl (C=O) groups is 1. The molecule has 3 rings (SSSR count). The Kier molecular flexibility index (Phi) is 5.66. The monoisotopic (exact) mass is 341 g/mol. The highest BCUT2D eigenvalue weighted by Gasteiger charge is 2.19. The van der Waals surface area contributed by atoms with Crippen LogP contribution in [0.2, 0.25) is 0 Å². The fraction of sp³-hybridized carbons (Fsp3) is 0.350. The minimum absolute atomic E-state index is 0.0525. The maximum atomic E-state index is 13.0. The molecule has 0 aliphatic carbocycles. The van der Waals surface area contributed by atoms with Crippen LogP contribution < -0.4 is 10.2 Å². The van der Waals surface area contributed by atoms with Crippen LogP contribution in [0, 0.1) is 12.7 Å². The van der Waals surface area contributed by atoms with Crippen molar-refractivity contribution in [3.8, 4) is 0 Å². The van der Waals surface area contributed by atoms with Gasteiger partial charge in [0.15, 0.2) is 0 Å². The van der Waals surface area contributed by atoms with Gasteiger partial charge in [0.05, 0.1) is 6.54 Å². The number of hydrogen-bond donors (Lipinski definition) is 1. The van der Waals surface area contributed by atoms with Gasteiger partial charge in [-0.1, -0.05) is 29.8 Å². The molecule has 5 heteroatoms. The highest BCUT2D eigenvalue weighted by Crippen LogP contribution is 2.16. The predicted molar refractivity (Wildman–Crippen MR) is 98.1 cm³/mol. The molecule has 1 N–H and O–H groups in total. The Bertz CT molecular complexity index is 709. The van der Waals surface area contributed by atoms with Crippen LogP contribution in [0.1, 0.15) is 11.1 Å². The third-order valence-electron chi connectivity index (χ3n) is 4.50. The zero-order valence-corrected chi connectivity index (χ0v) is 14.5. The summed E-state index contributed by atoms with van der Waals surface area (Å²) in [6.45, 7) is 6.38. The lowest BCUT2D eigenvalue weighted by molar-refractivity contribution is -0.122. The molecule has 25 heavy (non-hydrogen) atoms. The second-order valence-electron chi connectivity index (χ2n) is 6.51. The van der Waals surface area contributed by atoms with Crippen molar-refractivity contribution in [1.29, 1.82) is 0 Å². The third kappa shape index (κ3) is 5.03. The molecule has 0 bridgehead atoms. The minimum atomic E-state index is -0.215. The van der Waals surface area contributed by atoms with Crippen LogP contribution in [0.25, 0.3) is 0 Å². The van der Waals surface area contributed by atoms with Crippen molar-refractivity contribution < 1.29 is 9.18 Å². The fourth-order valence-corrected chi connectivity index (χ4v) is 3.10. The van der Waals surface area contributed by atoms with Crippen LogP contribution in [-0.4, -0.2) is 43.5 Å². The molecule has 0 aromatic heterocycles. The van der Waals surface area contributed by atoms with Crippen LogP contribution >= 0.6 is 0 Å². The van der Waals surface area contributed by atoms with E-state index in [9.17, 15) is 9.18 Å². The lowest BCUT2D eigenvalue weighted by Crippen LogP contribution is -2.49. The molecule has 132 valence electrons. The van der Waals surface area contributed by atoms with Crippen molar-refractivity contribution in [2.24, 2.45) is 0 Å². The molecular formula is C20H24FN3O. The first-order valence-corrected chi connectivity index (χ1v) is 8.65. The molecule has 2 aromatic rings. The van der Waals surface area contributed by atoms with E-state index < -0.39 is 0 Å². The molecule has 0 saturated carbocycles. The van der Waals surface area contributed by atoms with Gasteiger partial charge >= 0.3 is 0 Å². The first kappa shape index (κ1) is 17.4. The van der Waals surface area contributed by atoms with E-state index in [1.165, 1.54) is 17.7 Å². The number of halogens is 1. The molecular weight excluding hydrogens is 317 g/mol. The van der Waals surface area contributed by atoms with Crippen LogP contribution in [0.4, 0.5) is 10.1 Å². The second kappa shape index (κ2) is 8.12. The molecule has 0 radical (unpaired) electrons. The third-order valence-corrected chi connectivity index (χ3v) is 4.50. The first-order chi connectivity index (χ1) is 12.1. The standard InChI is InChI=1S/C20H24FN3O/c1-16-3-2-4-17(13-16)14-22-20(25)15-23-9-11-24(12-10-23)19-7-5-18(21)6-8-19/h2-8,13H,9-12,14-15H2,1H3,(H,22,25). The van der Waals surface area contributed by atoms with Gasteiger partial charge in [0.2, 0.25) is 5.91 Å². The van der Waals surface area contributed by atoms with E-state index in [0.29, 0.717) is 13.1 Å². The van der Waals surface area contributed by atoms with E-state index in [1.54, 1.807) is 12.1 Å². The SMILES string of the molecule is Cc1cccc(CNC(=O)CN2CCN(c3ccc(F)cc3)CC2)c1. The number of benzene rings is 2. The van der Waals surface area contributed by atoms with E-state index in [0.717, 1.165) is 37.4 Å². The lowest BCUT2D eigenvalue weighted by Gasteiger charge is -2.35.